The predicted molar refractivity (Wildman–Crippen MR) is 77.8 cm³/mol. The molecular weight excluding hydrogens is 321 g/mol. The van der Waals surface area contributed by atoms with Crippen molar-refractivity contribution in [3.63, 3.8) is 0 Å². The fraction of sp³-hybridized carbons (Fsp3) is 0.0667. The Kier molecular flexibility index (Phi) is 3.60. The van der Waals surface area contributed by atoms with Gasteiger partial charge in [-0.2, -0.15) is 5.26 Å². The van der Waals surface area contributed by atoms with Crippen LogP contribution in [0.15, 0.2) is 47.4 Å². The van der Waals surface area contributed by atoms with Crippen molar-refractivity contribution >= 4 is 15.9 Å². The molecule has 3 rings (SSSR count). The number of benzene rings is 2. The molecule has 1 N–H and O–H groups in total. The van der Waals surface area contributed by atoms with E-state index >= 15 is 0 Å². The van der Waals surface area contributed by atoms with Gasteiger partial charge in [-0.25, -0.2) is 12.8 Å². The van der Waals surface area contributed by atoms with Gasteiger partial charge in [-0.15, -0.1) is 4.83 Å². The Morgan fingerprint density at radius 1 is 1.22 bits per heavy atom. The van der Waals surface area contributed by atoms with Crippen LogP contribution in [-0.4, -0.2) is 19.3 Å². The zero-order chi connectivity index (χ0) is 16.6. The number of nitriles is 1. The average Bonchev–Trinajstić information content (AvgIpc) is 2.54. The molecule has 2 aromatic carbocycles. The van der Waals surface area contributed by atoms with Crippen LogP contribution in [0.1, 0.15) is 21.5 Å². The lowest BCUT2D eigenvalue weighted by Crippen LogP contribution is -2.49. The number of nitrogens with one attached hydrogen (secondary N) is 1. The van der Waals surface area contributed by atoms with E-state index in [9.17, 15) is 17.6 Å². The van der Waals surface area contributed by atoms with E-state index in [1.165, 1.54) is 24.3 Å². The lowest BCUT2D eigenvalue weighted by Gasteiger charge is -2.29. The first-order valence-electron chi connectivity index (χ1n) is 6.54. The predicted octanol–water partition coefficient (Wildman–Crippen LogP) is 1.55. The number of nitrogens with zero attached hydrogens (tertiary/aromatic N) is 2. The van der Waals surface area contributed by atoms with E-state index < -0.39 is 21.7 Å². The average molecular weight is 331 g/mol. The first kappa shape index (κ1) is 15.1. The molecule has 1 heterocycles. The van der Waals surface area contributed by atoms with Crippen molar-refractivity contribution in [2.24, 2.45) is 0 Å². The second-order valence-electron chi connectivity index (χ2n) is 4.90. The van der Waals surface area contributed by atoms with Crippen molar-refractivity contribution in [3.05, 3.63) is 65.0 Å². The van der Waals surface area contributed by atoms with Crippen molar-refractivity contribution in [2.75, 3.05) is 0 Å². The molecule has 1 amide bonds. The molecule has 23 heavy (non-hydrogen) atoms. The van der Waals surface area contributed by atoms with E-state index in [0.29, 0.717) is 5.56 Å². The molecule has 1 aliphatic heterocycles. The Labute approximate surface area is 131 Å². The summed E-state index contributed by atoms with van der Waals surface area (Å²) in [5, 5.41) is 9.93. The number of rotatable bonds is 2. The molecule has 0 fully saturated rings. The summed E-state index contributed by atoms with van der Waals surface area (Å²) in [4.78, 5) is 14.5. The molecule has 0 spiro atoms. The van der Waals surface area contributed by atoms with E-state index in [4.69, 9.17) is 5.26 Å². The molecule has 1 aliphatic rings. The molecule has 0 saturated heterocycles. The van der Waals surface area contributed by atoms with Crippen molar-refractivity contribution in [3.8, 4) is 6.07 Å². The lowest BCUT2D eigenvalue weighted by molar-refractivity contribution is 0.0687. The van der Waals surface area contributed by atoms with Gasteiger partial charge in [-0.05, 0) is 29.8 Å². The van der Waals surface area contributed by atoms with Crippen LogP contribution in [0.4, 0.5) is 4.39 Å². The SMILES string of the molecule is N#Cc1cc(F)ccc1CN1NS(=O)(=O)c2ccccc2C1=O. The Morgan fingerprint density at radius 2 is 1.96 bits per heavy atom. The Balaban J connectivity index is 2.01. The fourth-order valence-electron chi connectivity index (χ4n) is 2.32. The highest BCUT2D eigenvalue weighted by Crippen LogP contribution is 2.23. The molecule has 0 atom stereocenters. The number of amides is 1. The zero-order valence-electron chi connectivity index (χ0n) is 11.7. The Morgan fingerprint density at radius 3 is 2.70 bits per heavy atom. The minimum absolute atomic E-state index is 0.0378. The summed E-state index contributed by atoms with van der Waals surface area (Å²) < 4.78 is 37.6. The minimum Gasteiger partial charge on any atom is -0.268 e. The largest absolute Gasteiger partial charge is 0.270 e. The second kappa shape index (κ2) is 5.46. The second-order valence-corrected chi connectivity index (χ2v) is 6.52. The number of hydrazine groups is 1. The number of hydrogen-bond donors (Lipinski definition) is 1. The number of hydrogen-bond acceptors (Lipinski definition) is 4. The van der Waals surface area contributed by atoms with Gasteiger partial charge in [-0.3, -0.25) is 9.80 Å². The van der Waals surface area contributed by atoms with Gasteiger partial charge in [0, 0.05) is 0 Å². The van der Waals surface area contributed by atoms with Gasteiger partial charge in [0.15, 0.2) is 0 Å². The molecule has 0 radical (unpaired) electrons. The first-order valence-corrected chi connectivity index (χ1v) is 8.02. The molecule has 116 valence electrons. The Hall–Kier alpha value is -2.76. The van der Waals surface area contributed by atoms with Crippen molar-refractivity contribution in [1.82, 2.24) is 9.84 Å². The van der Waals surface area contributed by atoms with Crippen molar-refractivity contribution < 1.29 is 17.6 Å². The normalized spacial score (nSPS) is 15.8. The van der Waals surface area contributed by atoms with Crippen LogP contribution in [-0.2, 0) is 16.6 Å². The van der Waals surface area contributed by atoms with Crippen molar-refractivity contribution in [2.45, 2.75) is 11.4 Å². The molecule has 0 aliphatic carbocycles. The topological polar surface area (TPSA) is 90.3 Å². The van der Waals surface area contributed by atoms with Crippen LogP contribution in [0.2, 0.25) is 0 Å². The van der Waals surface area contributed by atoms with E-state index in [1.807, 2.05) is 6.07 Å². The molecule has 0 saturated carbocycles. The number of carbonyl (C=O) groups excluding carboxylic acids is 1. The quantitative estimate of drug-likeness (QED) is 0.904. The van der Waals surface area contributed by atoms with Gasteiger partial charge in [0.05, 0.1) is 28.6 Å². The molecular formula is C15H10FN3O3S. The summed E-state index contributed by atoms with van der Waals surface area (Å²) in [7, 11) is -3.87. The first-order chi connectivity index (χ1) is 10.9. The van der Waals surface area contributed by atoms with Gasteiger partial charge in [-0.1, -0.05) is 18.2 Å². The monoisotopic (exact) mass is 331 g/mol. The maximum Gasteiger partial charge on any atom is 0.270 e. The molecule has 2 aromatic rings. The maximum atomic E-state index is 13.2. The number of sulfonamides is 1. The van der Waals surface area contributed by atoms with Crippen LogP contribution in [0.3, 0.4) is 0 Å². The maximum absolute atomic E-state index is 13.2. The fourth-order valence-corrected chi connectivity index (χ4v) is 3.56. The molecule has 6 nitrogen and oxygen atoms in total. The number of carbonyl (C=O) groups is 1. The number of halogens is 1. The standard InChI is InChI=1S/C15H10FN3O3S/c16-12-6-5-10(11(7-12)8-17)9-19-15(20)13-3-1-2-4-14(13)23(21,22)18-19/h1-7,18H,9H2. The van der Waals surface area contributed by atoms with Crippen molar-refractivity contribution in [1.29, 1.82) is 5.26 Å². The summed E-state index contributed by atoms with van der Waals surface area (Å²) in [6.07, 6.45) is 0. The summed E-state index contributed by atoms with van der Waals surface area (Å²) in [6.45, 7) is -0.185. The van der Waals surface area contributed by atoms with Gasteiger partial charge in [0.25, 0.3) is 15.9 Å². The third-order valence-electron chi connectivity index (χ3n) is 3.40. The van der Waals surface area contributed by atoms with Crippen LogP contribution < -0.4 is 4.83 Å². The van der Waals surface area contributed by atoms with E-state index in [0.717, 1.165) is 17.1 Å². The van der Waals surface area contributed by atoms with Crippen LogP contribution >= 0.6 is 0 Å². The zero-order valence-corrected chi connectivity index (χ0v) is 12.5. The summed E-state index contributed by atoms with van der Waals surface area (Å²) in [5.41, 5.74) is 0.423. The number of fused-ring (bicyclic) bond motifs is 1. The minimum atomic E-state index is -3.87. The highest BCUT2D eigenvalue weighted by molar-refractivity contribution is 7.89. The molecule has 0 aromatic heterocycles. The lowest BCUT2D eigenvalue weighted by atomic mass is 10.1. The van der Waals surface area contributed by atoms with E-state index in [2.05, 4.69) is 4.83 Å². The van der Waals surface area contributed by atoms with Gasteiger partial charge < -0.3 is 0 Å². The molecule has 0 bridgehead atoms. The highest BCUT2D eigenvalue weighted by Gasteiger charge is 2.34. The van der Waals surface area contributed by atoms with E-state index in [-0.39, 0.29) is 22.6 Å². The smallest absolute Gasteiger partial charge is 0.268 e. The molecule has 0 unspecified atom stereocenters. The molecule has 8 heteroatoms. The summed E-state index contributed by atoms with van der Waals surface area (Å²) in [6, 6.07) is 11.2. The van der Waals surface area contributed by atoms with Gasteiger partial charge in [0.2, 0.25) is 0 Å². The third kappa shape index (κ3) is 2.67. The van der Waals surface area contributed by atoms with E-state index in [1.54, 1.807) is 6.07 Å². The Bertz CT molecular complexity index is 951. The van der Waals surface area contributed by atoms with Crippen LogP contribution in [0.5, 0.6) is 0 Å². The van der Waals surface area contributed by atoms with Gasteiger partial charge >= 0.3 is 0 Å². The third-order valence-corrected chi connectivity index (χ3v) is 4.80. The van der Waals surface area contributed by atoms with Crippen LogP contribution in [0.25, 0.3) is 0 Å². The highest BCUT2D eigenvalue weighted by atomic mass is 32.2. The summed E-state index contributed by atoms with van der Waals surface area (Å²) >= 11 is 0. The van der Waals surface area contributed by atoms with Crippen LogP contribution in [0, 0.1) is 17.1 Å². The summed E-state index contributed by atoms with van der Waals surface area (Å²) in [5.74, 6) is -1.12. The van der Waals surface area contributed by atoms with Gasteiger partial charge in [0.1, 0.15) is 5.82 Å².